The van der Waals surface area contributed by atoms with E-state index in [-0.39, 0.29) is 22.3 Å². The summed E-state index contributed by atoms with van der Waals surface area (Å²) in [6, 6.07) is 20.2. The molecule has 49 heavy (non-hydrogen) atoms. The Bertz CT molecular complexity index is 1660. The highest BCUT2D eigenvalue weighted by Gasteiger charge is 2.48. The van der Waals surface area contributed by atoms with Crippen LogP contribution in [0.4, 0.5) is 0 Å². The topological polar surface area (TPSA) is 97.4 Å². The van der Waals surface area contributed by atoms with Gasteiger partial charge in [0, 0.05) is 99.4 Å². The van der Waals surface area contributed by atoms with Crippen molar-refractivity contribution in [2.24, 2.45) is 20.8 Å². The van der Waals surface area contributed by atoms with Crippen molar-refractivity contribution in [1.82, 2.24) is 19.8 Å². The number of aromatic hydroxyl groups is 2. The van der Waals surface area contributed by atoms with Crippen LogP contribution in [-0.2, 0) is 26.2 Å². The number of rotatable bonds is 4. The number of phenols is 2. The van der Waals surface area contributed by atoms with Crippen molar-refractivity contribution in [1.29, 1.82) is 0 Å². The Balaban J connectivity index is 1.41. The average molecular weight is 659 g/mol. The van der Waals surface area contributed by atoms with Gasteiger partial charge in [0.2, 0.25) is 0 Å². The molecule has 2 aromatic heterocycles. The number of nitrogens with zero attached hydrogens (tertiary/aromatic N) is 6. The maximum absolute atomic E-state index is 11.6. The Labute approximate surface area is 291 Å². The van der Waals surface area contributed by atoms with Gasteiger partial charge in [-0.05, 0) is 85.0 Å². The summed E-state index contributed by atoms with van der Waals surface area (Å²) in [6.07, 6.45) is 10.7. The van der Waals surface area contributed by atoms with Crippen molar-refractivity contribution in [3.63, 3.8) is 0 Å². The molecule has 2 N–H and O–H groups in total. The standard InChI is InChI=1S/C41H50N6O2/c1-30-18-32-22-42-28-40(3)12-9-13-41(40,4)29-43-23-33-19-31(2)21-35(39(33)49)25-47(27-37-11-6-8-15-45-37)17-16-46(24-34(20-30)38(32)48)26-36-10-5-7-14-44-36/h5-8,10-11,14-15,18-23,48-49H,9,12-13,16-17,24-29H2,1-4H3/t40-,41-/m1/s1. The van der Waals surface area contributed by atoms with Crippen LogP contribution >= 0.6 is 0 Å². The predicted molar refractivity (Wildman–Crippen MR) is 197 cm³/mol. The molecule has 2 aromatic carbocycles. The van der Waals surface area contributed by atoms with E-state index in [1.807, 2.05) is 73.4 Å². The number of aryl methyl sites for hydroxylation is 2. The summed E-state index contributed by atoms with van der Waals surface area (Å²) in [5.74, 6) is 0.558. The van der Waals surface area contributed by atoms with E-state index in [2.05, 4.69) is 59.6 Å². The van der Waals surface area contributed by atoms with Gasteiger partial charge in [-0.3, -0.25) is 29.8 Å². The average Bonchev–Trinajstić information content (AvgIpc) is 3.37. The largest absolute Gasteiger partial charge is 0.507 e. The van der Waals surface area contributed by atoms with Gasteiger partial charge in [-0.2, -0.15) is 0 Å². The van der Waals surface area contributed by atoms with Crippen LogP contribution in [0.15, 0.2) is 83.0 Å². The van der Waals surface area contributed by atoms with E-state index in [1.54, 1.807) is 0 Å². The highest BCUT2D eigenvalue weighted by atomic mass is 16.3. The third-order valence-corrected chi connectivity index (χ3v) is 10.7. The van der Waals surface area contributed by atoms with Crippen LogP contribution in [0.25, 0.3) is 0 Å². The lowest BCUT2D eigenvalue weighted by Crippen LogP contribution is -2.37. The lowest BCUT2D eigenvalue weighted by atomic mass is 9.68. The zero-order valence-corrected chi connectivity index (χ0v) is 29.4. The van der Waals surface area contributed by atoms with Gasteiger partial charge in [-0.25, -0.2) is 0 Å². The molecule has 1 fully saturated rings. The molecule has 256 valence electrons. The van der Waals surface area contributed by atoms with E-state index >= 15 is 0 Å². The minimum atomic E-state index is -0.0325. The van der Waals surface area contributed by atoms with E-state index in [0.717, 1.165) is 64.0 Å². The number of hydrogen-bond donors (Lipinski definition) is 2. The first-order chi connectivity index (χ1) is 23.6. The van der Waals surface area contributed by atoms with Crippen molar-refractivity contribution in [2.75, 3.05) is 26.2 Å². The second kappa shape index (κ2) is 15.0. The lowest BCUT2D eigenvalue weighted by molar-refractivity contribution is 0.130. The van der Waals surface area contributed by atoms with Crippen molar-refractivity contribution in [2.45, 2.75) is 73.1 Å². The zero-order chi connectivity index (χ0) is 34.4. The molecule has 0 spiro atoms. The van der Waals surface area contributed by atoms with Crippen molar-refractivity contribution in [3.05, 3.63) is 118 Å². The van der Waals surface area contributed by atoms with Gasteiger partial charge in [0.1, 0.15) is 11.5 Å². The molecule has 4 bridgehead atoms. The number of phenolic OH excluding ortho intramolecular Hbond substituents is 2. The van der Waals surface area contributed by atoms with Crippen LogP contribution in [0.3, 0.4) is 0 Å². The third kappa shape index (κ3) is 8.26. The summed E-state index contributed by atoms with van der Waals surface area (Å²) in [4.78, 5) is 23.9. The van der Waals surface area contributed by atoms with Gasteiger partial charge in [-0.15, -0.1) is 0 Å². The highest BCUT2D eigenvalue weighted by molar-refractivity contribution is 5.85. The third-order valence-electron chi connectivity index (χ3n) is 10.7. The Morgan fingerprint density at radius 3 is 1.51 bits per heavy atom. The van der Waals surface area contributed by atoms with Crippen LogP contribution < -0.4 is 0 Å². The van der Waals surface area contributed by atoms with Gasteiger partial charge in [0.05, 0.1) is 11.4 Å². The molecule has 3 heterocycles. The fourth-order valence-electron chi connectivity index (χ4n) is 7.54. The maximum atomic E-state index is 11.6. The molecule has 8 nitrogen and oxygen atoms in total. The van der Waals surface area contributed by atoms with E-state index < -0.39 is 0 Å². The fourth-order valence-corrected chi connectivity index (χ4v) is 7.54. The Morgan fingerprint density at radius 1 is 0.653 bits per heavy atom. The molecule has 1 aliphatic heterocycles. The number of aliphatic imine (C=N–C) groups is 2. The van der Waals surface area contributed by atoms with Gasteiger partial charge in [-0.1, -0.05) is 44.5 Å². The maximum Gasteiger partial charge on any atom is 0.128 e. The van der Waals surface area contributed by atoms with Crippen LogP contribution in [-0.4, -0.2) is 68.6 Å². The predicted octanol–water partition coefficient (Wildman–Crippen LogP) is 7.26. The molecular formula is C41H50N6O2. The molecule has 8 heteroatoms. The second-order valence-corrected chi connectivity index (χ2v) is 14.7. The lowest BCUT2D eigenvalue weighted by Gasteiger charge is -2.39. The van der Waals surface area contributed by atoms with Crippen molar-refractivity contribution >= 4 is 12.4 Å². The molecule has 0 radical (unpaired) electrons. The minimum Gasteiger partial charge on any atom is -0.507 e. The van der Waals surface area contributed by atoms with Crippen LogP contribution in [0.2, 0.25) is 0 Å². The molecular weight excluding hydrogens is 608 g/mol. The summed E-state index contributed by atoms with van der Waals surface area (Å²) in [6.45, 7) is 13.9. The normalized spacial score (nSPS) is 22.5. The minimum absolute atomic E-state index is 0.0325. The number of pyridine rings is 2. The van der Waals surface area contributed by atoms with Crippen LogP contribution in [0.5, 0.6) is 11.5 Å². The number of aromatic nitrogens is 2. The molecule has 1 aliphatic carbocycles. The first-order valence-electron chi connectivity index (χ1n) is 17.5. The van der Waals surface area contributed by atoms with E-state index in [9.17, 15) is 10.2 Å². The molecule has 0 amide bonds. The molecule has 2 atom stereocenters. The number of benzene rings is 2. The Hall–Kier alpha value is -4.40. The molecule has 4 aromatic rings. The molecule has 6 rings (SSSR count). The molecule has 1 saturated carbocycles. The van der Waals surface area contributed by atoms with E-state index in [0.29, 0.717) is 52.4 Å². The Morgan fingerprint density at radius 2 is 1.10 bits per heavy atom. The monoisotopic (exact) mass is 658 g/mol. The SMILES string of the molecule is Cc1cc2c(O)c(c1)CN(Cc1ccccn1)CCN(Cc1ccccn1)Cc1cc(C)cc(c1O)C=NC[C@@]1(C)CCC[C@]1(C)CN=C2. The van der Waals surface area contributed by atoms with Gasteiger partial charge in [0.15, 0.2) is 0 Å². The van der Waals surface area contributed by atoms with Gasteiger partial charge in [0.25, 0.3) is 0 Å². The van der Waals surface area contributed by atoms with Crippen LogP contribution in [0.1, 0.15) is 77.9 Å². The van der Waals surface area contributed by atoms with Gasteiger partial charge < -0.3 is 10.2 Å². The summed E-state index contributed by atoms with van der Waals surface area (Å²) in [7, 11) is 0. The fraction of sp³-hybridized carbons (Fsp3) is 0.415. The van der Waals surface area contributed by atoms with Gasteiger partial charge >= 0.3 is 0 Å². The Kier molecular flexibility index (Phi) is 10.6. The molecule has 0 saturated heterocycles. The molecule has 2 aliphatic rings. The second-order valence-electron chi connectivity index (χ2n) is 14.7. The summed E-state index contributed by atoms with van der Waals surface area (Å²) >= 11 is 0. The smallest absolute Gasteiger partial charge is 0.128 e. The summed E-state index contributed by atoms with van der Waals surface area (Å²) < 4.78 is 0. The number of fused-ring (bicyclic) bond motifs is 5. The van der Waals surface area contributed by atoms with Crippen LogP contribution in [0, 0.1) is 24.7 Å². The zero-order valence-electron chi connectivity index (χ0n) is 29.4. The number of hydrogen-bond acceptors (Lipinski definition) is 8. The van der Waals surface area contributed by atoms with Crippen molar-refractivity contribution < 1.29 is 10.2 Å². The summed E-state index contributed by atoms with van der Waals surface area (Å²) in [5, 5.41) is 23.2. The highest BCUT2D eigenvalue weighted by Crippen LogP contribution is 2.53. The first kappa shape index (κ1) is 34.5. The quantitative estimate of drug-likeness (QED) is 0.240. The first-order valence-corrected chi connectivity index (χ1v) is 17.5. The van der Waals surface area contributed by atoms with Crippen molar-refractivity contribution in [3.8, 4) is 11.5 Å². The van der Waals surface area contributed by atoms with E-state index in [1.165, 1.54) is 0 Å². The summed E-state index contributed by atoms with van der Waals surface area (Å²) in [5.41, 5.74) is 7.29. The van der Waals surface area contributed by atoms with E-state index in [4.69, 9.17) is 9.98 Å². The molecule has 0 unspecified atom stereocenters.